The number of hydrogen-bond acceptors (Lipinski definition) is 0. The second-order valence-corrected chi connectivity index (χ2v) is 6.97. The predicted molar refractivity (Wildman–Crippen MR) is 80.6 cm³/mol. The van der Waals surface area contributed by atoms with Crippen molar-refractivity contribution in [1.29, 1.82) is 0 Å². The van der Waals surface area contributed by atoms with Crippen LogP contribution in [0, 0.1) is 17.8 Å². The van der Waals surface area contributed by atoms with Crippen LogP contribution in [0.4, 0.5) is 0 Å². The predicted octanol–water partition coefficient (Wildman–Crippen LogP) is 5.90. The molecule has 0 amide bonds. The van der Waals surface area contributed by atoms with Crippen LogP contribution in [0.3, 0.4) is 0 Å². The monoisotopic (exact) mass is 246 g/mol. The zero-order valence-electron chi connectivity index (χ0n) is 12.8. The van der Waals surface area contributed by atoms with E-state index in [0.29, 0.717) is 0 Å². The Kier molecular flexibility index (Phi) is 4.70. The first kappa shape index (κ1) is 13.9. The summed E-state index contributed by atoms with van der Waals surface area (Å²) >= 11 is 0. The van der Waals surface area contributed by atoms with Gasteiger partial charge in [0, 0.05) is 0 Å². The lowest BCUT2D eigenvalue weighted by Crippen LogP contribution is -1.98. The summed E-state index contributed by atoms with van der Waals surface area (Å²) < 4.78 is 0. The molecule has 2 aliphatic rings. The lowest BCUT2D eigenvalue weighted by atomic mass is 9.90. The van der Waals surface area contributed by atoms with Crippen LogP contribution in [0.1, 0.15) is 72.6 Å². The van der Waals surface area contributed by atoms with E-state index in [9.17, 15) is 0 Å². The molecule has 2 atom stereocenters. The number of hydrogen-bond donors (Lipinski definition) is 0. The Morgan fingerprint density at radius 3 is 2.56 bits per heavy atom. The Hall–Kier alpha value is -0.520. The summed E-state index contributed by atoms with van der Waals surface area (Å²) in [4.78, 5) is 0. The summed E-state index contributed by atoms with van der Waals surface area (Å²) in [7, 11) is 0. The summed E-state index contributed by atoms with van der Waals surface area (Å²) in [5.41, 5.74) is 5.24. The molecule has 0 bridgehead atoms. The van der Waals surface area contributed by atoms with Crippen molar-refractivity contribution < 1.29 is 0 Å². The number of allylic oxidation sites excluding steroid dienone is 4. The SMILES string of the molecule is CCCC1=C(CC(C)C)CC=C(C)CC2CC2C1. The van der Waals surface area contributed by atoms with E-state index >= 15 is 0 Å². The Bertz CT molecular complexity index is 343. The first-order valence-corrected chi connectivity index (χ1v) is 7.95. The van der Waals surface area contributed by atoms with Gasteiger partial charge in [0.15, 0.2) is 0 Å². The van der Waals surface area contributed by atoms with Crippen LogP contribution < -0.4 is 0 Å². The molecule has 0 saturated heterocycles. The highest BCUT2D eigenvalue weighted by atomic mass is 14.4. The molecule has 102 valence electrons. The minimum atomic E-state index is 0.802. The fourth-order valence-electron chi connectivity index (χ4n) is 3.51. The molecule has 0 aromatic heterocycles. The summed E-state index contributed by atoms with van der Waals surface area (Å²) in [6, 6.07) is 0. The molecule has 2 unspecified atom stereocenters. The average Bonchev–Trinajstić information content (AvgIpc) is 3.00. The first-order valence-electron chi connectivity index (χ1n) is 7.95. The number of rotatable bonds is 4. The third-order valence-corrected chi connectivity index (χ3v) is 4.57. The van der Waals surface area contributed by atoms with E-state index in [1.54, 1.807) is 11.1 Å². The minimum absolute atomic E-state index is 0.802. The standard InChI is InChI=1S/C18H30/c1-5-6-15-11-18-12-17(18)10-14(4)7-8-16(15)9-13(2)3/h7,13,17-18H,5-6,8-12H2,1-4H3. The average molecular weight is 246 g/mol. The smallest absolute Gasteiger partial charge is 0.0133 e. The normalized spacial score (nSPS) is 28.4. The van der Waals surface area contributed by atoms with Gasteiger partial charge in [-0.15, -0.1) is 0 Å². The molecule has 1 saturated carbocycles. The van der Waals surface area contributed by atoms with Gasteiger partial charge in [-0.05, 0) is 63.2 Å². The van der Waals surface area contributed by atoms with E-state index in [2.05, 4.69) is 33.8 Å². The van der Waals surface area contributed by atoms with Crippen LogP contribution in [0.25, 0.3) is 0 Å². The van der Waals surface area contributed by atoms with Crippen molar-refractivity contribution in [3.8, 4) is 0 Å². The Morgan fingerprint density at radius 2 is 1.89 bits per heavy atom. The summed E-state index contributed by atoms with van der Waals surface area (Å²) in [5, 5.41) is 0. The first-order chi connectivity index (χ1) is 8.60. The van der Waals surface area contributed by atoms with Gasteiger partial charge >= 0.3 is 0 Å². The van der Waals surface area contributed by atoms with Crippen LogP contribution in [0.5, 0.6) is 0 Å². The molecule has 0 radical (unpaired) electrons. The molecule has 0 heterocycles. The molecule has 2 aliphatic carbocycles. The van der Waals surface area contributed by atoms with Gasteiger partial charge in [0.1, 0.15) is 0 Å². The highest BCUT2D eigenvalue weighted by Crippen LogP contribution is 2.49. The zero-order chi connectivity index (χ0) is 13.1. The highest BCUT2D eigenvalue weighted by molar-refractivity contribution is 5.23. The quantitative estimate of drug-likeness (QED) is 0.542. The molecule has 0 spiro atoms. The van der Waals surface area contributed by atoms with E-state index in [1.807, 2.05) is 5.57 Å². The minimum Gasteiger partial charge on any atom is -0.0815 e. The maximum atomic E-state index is 2.52. The summed E-state index contributed by atoms with van der Waals surface area (Å²) in [6.45, 7) is 9.39. The fraction of sp³-hybridized carbons (Fsp3) is 0.778. The molecule has 0 nitrogen and oxygen atoms in total. The zero-order valence-corrected chi connectivity index (χ0v) is 12.8. The Labute approximate surface area is 114 Å². The van der Waals surface area contributed by atoms with Crippen molar-refractivity contribution in [2.45, 2.75) is 72.6 Å². The Morgan fingerprint density at radius 1 is 1.17 bits per heavy atom. The van der Waals surface area contributed by atoms with E-state index < -0.39 is 0 Å². The van der Waals surface area contributed by atoms with Gasteiger partial charge in [0.2, 0.25) is 0 Å². The molecular weight excluding hydrogens is 216 g/mol. The second-order valence-electron chi connectivity index (χ2n) is 6.97. The number of fused-ring (bicyclic) bond motifs is 1. The molecule has 0 aliphatic heterocycles. The van der Waals surface area contributed by atoms with Crippen LogP contribution in [-0.4, -0.2) is 0 Å². The van der Waals surface area contributed by atoms with Crippen LogP contribution in [0.2, 0.25) is 0 Å². The largest absolute Gasteiger partial charge is 0.0815 e. The highest BCUT2D eigenvalue weighted by Gasteiger charge is 2.37. The van der Waals surface area contributed by atoms with E-state index in [4.69, 9.17) is 0 Å². The molecular formula is C18H30. The maximum absolute atomic E-state index is 2.52. The van der Waals surface area contributed by atoms with Crippen molar-refractivity contribution in [2.75, 3.05) is 0 Å². The van der Waals surface area contributed by atoms with Gasteiger partial charge in [-0.25, -0.2) is 0 Å². The van der Waals surface area contributed by atoms with E-state index in [0.717, 1.165) is 17.8 Å². The molecule has 0 heteroatoms. The van der Waals surface area contributed by atoms with Gasteiger partial charge in [0.05, 0.1) is 0 Å². The van der Waals surface area contributed by atoms with Crippen LogP contribution in [-0.2, 0) is 0 Å². The van der Waals surface area contributed by atoms with Crippen molar-refractivity contribution >= 4 is 0 Å². The van der Waals surface area contributed by atoms with Crippen LogP contribution in [0.15, 0.2) is 22.8 Å². The third kappa shape index (κ3) is 3.73. The molecule has 2 rings (SSSR count). The molecule has 0 aromatic carbocycles. The molecule has 0 aromatic rings. The second kappa shape index (κ2) is 6.08. The van der Waals surface area contributed by atoms with Gasteiger partial charge in [-0.3, -0.25) is 0 Å². The van der Waals surface area contributed by atoms with Crippen LogP contribution >= 0.6 is 0 Å². The summed E-state index contributed by atoms with van der Waals surface area (Å²) in [6.07, 6.45) is 12.0. The third-order valence-electron chi connectivity index (χ3n) is 4.57. The maximum Gasteiger partial charge on any atom is -0.0133 e. The van der Waals surface area contributed by atoms with Crippen molar-refractivity contribution in [1.82, 2.24) is 0 Å². The van der Waals surface area contributed by atoms with Gasteiger partial charge in [-0.2, -0.15) is 0 Å². The Balaban J connectivity index is 2.19. The van der Waals surface area contributed by atoms with Gasteiger partial charge in [-0.1, -0.05) is 50.0 Å². The van der Waals surface area contributed by atoms with Gasteiger partial charge in [0.25, 0.3) is 0 Å². The van der Waals surface area contributed by atoms with Crippen molar-refractivity contribution in [3.05, 3.63) is 22.8 Å². The molecule has 1 fully saturated rings. The van der Waals surface area contributed by atoms with Gasteiger partial charge < -0.3 is 0 Å². The van der Waals surface area contributed by atoms with Crippen molar-refractivity contribution in [2.24, 2.45) is 17.8 Å². The lowest BCUT2D eigenvalue weighted by Gasteiger charge is -2.16. The summed E-state index contributed by atoms with van der Waals surface area (Å²) in [5.74, 6) is 2.85. The van der Waals surface area contributed by atoms with E-state index in [-0.39, 0.29) is 0 Å². The fourth-order valence-corrected chi connectivity index (χ4v) is 3.51. The lowest BCUT2D eigenvalue weighted by molar-refractivity contribution is 0.611. The molecule has 18 heavy (non-hydrogen) atoms. The molecule has 0 N–H and O–H groups in total. The van der Waals surface area contributed by atoms with Crippen molar-refractivity contribution in [3.63, 3.8) is 0 Å². The van der Waals surface area contributed by atoms with E-state index in [1.165, 1.54) is 44.9 Å². The topological polar surface area (TPSA) is 0 Å².